The molecule has 0 saturated heterocycles. The Morgan fingerprint density at radius 3 is 2.71 bits per heavy atom. The average molecular weight is 329 g/mol. The van der Waals surface area contributed by atoms with E-state index in [1.807, 2.05) is 6.07 Å². The molecule has 6 heteroatoms. The third-order valence-electron chi connectivity index (χ3n) is 3.78. The molecule has 0 spiro atoms. The molecule has 0 aliphatic heterocycles. The molecule has 1 aromatic heterocycles. The number of carbonyl (C=O) groups is 1. The van der Waals surface area contributed by atoms with Gasteiger partial charge >= 0.3 is 0 Å². The van der Waals surface area contributed by atoms with Crippen LogP contribution in [0.4, 0.5) is 0 Å². The lowest BCUT2D eigenvalue weighted by molar-refractivity contribution is -0.127. The van der Waals surface area contributed by atoms with Crippen LogP contribution < -0.4 is 10.6 Å². The summed E-state index contributed by atoms with van der Waals surface area (Å²) in [6, 6.07) is 8.29. The number of hydrogen-bond acceptors (Lipinski definition) is 2. The van der Waals surface area contributed by atoms with Gasteiger partial charge in [-0.2, -0.15) is 0 Å². The zero-order valence-corrected chi connectivity index (χ0v) is 14.7. The van der Waals surface area contributed by atoms with E-state index in [1.165, 1.54) is 10.9 Å². The minimum Gasteiger partial charge on any atom is -0.361 e. The maximum absolute atomic E-state index is 11.7. The first-order valence-electron chi connectivity index (χ1n) is 8.39. The van der Waals surface area contributed by atoms with Crippen molar-refractivity contribution in [3.05, 3.63) is 36.0 Å². The lowest BCUT2D eigenvalue weighted by Crippen LogP contribution is -2.39. The van der Waals surface area contributed by atoms with Gasteiger partial charge in [-0.3, -0.25) is 4.79 Å². The summed E-state index contributed by atoms with van der Waals surface area (Å²) >= 11 is 0. The van der Waals surface area contributed by atoms with Gasteiger partial charge in [0.25, 0.3) is 0 Å². The fourth-order valence-electron chi connectivity index (χ4n) is 2.36. The quantitative estimate of drug-likeness (QED) is 0.535. The van der Waals surface area contributed by atoms with Crippen molar-refractivity contribution in [1.29, 1.82) is 0 Å². The van der Waals surface area contributed by atoms with Crippen molar-refractivity contribution < 1.29 is 4.79 Å². The summed E-state index contributed by atoms with van der Waals surface area (Å²) in [4.78, 5) is 20.9. The first-order chi connectivity index (χ1) is 11.6. The van der Waals surface area contributed by atoms with E-state index in [4.69, 9.17) is 0 Å². The second kappa shape index (κ2) is 8.96. The van der Waals surface area contributed by atoms with Crippen LogP contribution in [0.3, 0.4) is 0 Å². The molecular formula is C18H27N5O. The van der Waals surface area contributed by atoms with Crippen molar-refractivity contribution in [1.82, 2.24) is 20.5 Å². The molecule has 1 aromatic carbocycles. The number of rotatable bonds is 7. The van der Waals surface area contributed by atoms with Gasteiger partial charge < -0.3 is 20.5 Å². The second-order valence-corrected chi connectivity index (χ2v) is 5.92. The average Bonchev–Trinajstić information content (AvgIpc) is 2.99. The molecule has 0 aliphatic rings. The number of guanidine groups is 1. The highest BCUT2D eigenvalue weighted by atomic mass is 16.2. The third-order valence-corrected chi connectivity index (χ3v) is 3.78. The zero-order valence-electron chi connectivity index (χ0n) is 14.7. The summed E-state index contributed by atoms with van der Waals surface area (Å²) in [6.07, 6.45) is 3.95. The minimum atomic E-state index is -0.00997. The van der Waals surface area contributed by atoms with Gasteiger partial charge in [-0.05, 0) is 24.5 Å². The fourth-order valence-corrected chi connectivity index (χ4v) is 2.36. The second-order valence-electron chi connectivity index (χ2n) is 5.92. The van der Waals surface area contributed by atoms with E-state index in [0.29, 0.717) is 5.96 Å². The van der Waals surface area contributed by atoms with Crippen molar-refractivity contribution in [2.24, 2.45) is 4.99 Å². The highest BCUT2D eigenvalue weighted by molar-refractivity contribution is 5.85. The van der Waals surface area contributed by atoms with E-state index < -0.39 is 0 Å². The first kappa shape index (κ1) is 17.8. The Labute approximate surface area is 143 Å². The van der Waals surface area contributed by atoms with Crippen molar-refractivity contribution in [2.75, 3.05) is 33.7 Å². The van der Waals surface area contributed by atoms with Crippen LogP contribution >= 0.6 is 0 Å². The number of nitrogens with one attached hydrogen (secondary N) is 3. The van der Waals surface area contributed by atoms with Gasteiger partial charge in [-0.1, -0.05) is 25.1 Å². The van der Waals surface area contributed by atoms with E-state index >= 15 is 0 Å². The largest absolute Gasteiger partial charge is 0.361 e. The van der Waals surface area contributed by atoms with Gasteiger partial charge in [0, 0.05) is 44.3 Å². The number of aromatic amines is 1. The van der Waals surface area contributed by atoms with Crippen LogP contribution in [-0.2, 0) is 11.2 Å². The smallest absolute Gasteiger partial charge is 0.243 e. The Hall–Kier alpha value is -2.50. The molecule has 0 fully saturated rings. The van der Waals surface area contributed by atoms with Gasteiger partial charge in [0.15, 0.2) is 5.96 Å². The fraction of sp³-hybridized carbons (Fsp3) is 0.444. The number of hydrogen-bond donors (Lipinski definition) is 3. The summed E-state index contributed by atoms with van der Waals surface area (Å²) in [6.45, 7) is 3.84. The van der Waals surface area contributed by atoms with Crippen LogP contribution in [0.2, 0.25) is 0 Å². The molecule has 0 radical (unpaired) electrons. The van der Waals surface area contributed by atoms with Gasteiger partial charge in [0.05, 0.1) is 0 Å². The Bertz CT molecular complexity index is 690. The number of fused-ring (bicyclic) bond motifs is 1. The number of aromatic nitrogens is 1. The minimum absolute atomic E-state index is 0.00997. The number of aliphatic imine (C=N–C) groups is 1. The summed E-state index contributed by atoms with van der Waals surface area (Å²) in [5.74, 6) is 0.677. The lowest BCUT2D eigenvalue weighted by Gasteiger charge is -2.13. The number of H-pyrrole nitrogens is 1. The number of amides is 1. The molecule has 6 nitrogen and oxygen atoms in total. The Morgan fingerprint density at radius 1 is 1.21 bits per heavy atom. The first-order valence-corrected chi connectivity index (χ1v) is 8.39. The number of carbonyl (C=O) groups excluding carboxylic acids is 1. The van der Waals surface area contributed by atoms with Crippen molar-refractivity contribution in [2.45, 2.75) is 19.8 Å². The molecule has 24 heavy (non-hydrogen) atoms. The molecule has 0 aliphatic carbocycles. The Morgan fingerprint density at radius 2 is 1.96 bits per heavy atom. The third kappa shape index (κ3) is 5.01. The summed E-state index contributed by atoms with van der Waals surface area (Å²) in [5, 5.41) is 7.80. The number of likely N-dealkylation sites (N-methyl/N-ethyl adjacent to an activating group) is 1. The molecule has 0 unspecified atom stereocenters. The Kier molecular flexibility index (Phi) is 6.66. The molecule has 2 aromatic rings. The van der Waals surface area contributed by atoms with E-state index in [1.54, 1.807) is 19.0 Å². The predicted octanol–water partition coefficient (Wildman–Crippen LogP) is 1.74. The van der Waals surface area contributed by atoms with E-state index in [2.05, 4.69) is 51.9 Å². The predicted molar refractivity (Wildman–Crippen MR) is 99.3 cm³/mol. The maximum atomic E-state index is 11.7. The Balaban J connectivity index is 1.92. The molecule has 0 atom stereocenters. The van der Waals surface area contributed by atoms with Crippen LogP contribution in [0, 0.1) is 0 Å². The summed E-state index contributed by atoms with van der Waals surface area (Å²) in [5.41, 5.74) is 2.43. The highest BCUT2D eigenvalue weighted by Crippen LogP contribution is 2.17. The van der Waals surface area contributed by atoms with Gasteiger partial charge in [-0.25, -0.2) is 4.99 Å². The molecule has 2 rings (SSSR count). The van der Waals surface area contributed by atoms with Gasteiger partial charge in [0.2, 0.25) is 5.91 Å². The van der Waals surface area contributed by atoms with E-state index in [-0.39, 0.29) is 12.5 Å². The number of nitrogens with zero attached hydrogens (tertiary/aromatic N) is 2. The number of benzene rings is 1. The van der Waals surface area contributed by atoms with Crippen LogP contribution in [0.5, 0.6) is 0 Å². The highest BCUT2D eigenvalue weighted by Gasteiger charge is 2.06. The van der Waals surface area contributed by atoms with E-state index in [9.17, 15) is 4.79 Å². The molecule has 1 amide bonds. The molecular weight excluding hydrogens is 302 g/mol. The van der Waals surface area contributed by atoms with Crippen LogP contribution in [0.1, 0.15) is 18.9 Å². The molecule has 1 heterocycles. The molecule has 0 bridgehead atoms. The van der Waals surface area contributed by atoms with Crippen molar-refractivity contribution >= 4 is 22.8 Å². The SMILES string of the molecule is CCCNC(=NCC(=O)N(C)C)NCCc1c[nH]c2ccccc12. The van der Waals surface area contributed by atoms with Crippen LogP contribution in [0.25, 0.3) is 10.9 Å². The van der Waals surface area contributed by atoms with Crippen LogP contribution in [-0.4, -0.2) is 55.5 Å². The molecule has 3 N–H and O–H groups in total. The lowest BCUT2D eigenvalue weighted by atomic mass is 10.1. The monoisotopic (exact) mass is 329 g/mol. The molecule has 130 valence electrons. The van der Waals surface area contributed by atoms with E-state index in [0.717, 1.165) is 31.4 Å². The van der Waals surface area contributed by atoms with Gasteiger partial charge in [0.1, 0.15) is 6.54 Å². The summed E-state index contributed by atoms with van der Waals surface area (Å²) < 4.78 is 0. The number of para-hydroxylation sites is 1. The summed E-state index contributed by atoms with van der Waals surface area (Å²) in [7, 11) is 3.48. The topological polar surface area (TPSA) is 72.5 Å². The standard InChI is InChI=1S/C18H27N5O/c1-4-10-19-18(22-13-17(24)23(2)3)20-11-9-14-12-21-16-8-6-5-7-15(14)16/h5-8,12,21H,4,9-11,13H2,1-3H3,(H2,19,20,22). The van der Waals surface area contributed by atoms with Gasteiger partial charge in [-0.15, -0.1) is 0 Å². The zero-order chi connectivity index (χ0) is 17.4. The maximum Gasteiger partial charge on any atom is 0.243 e. The van der Waals surface area contributed by atoms with Crippen molar-refractivity contribution in [3.63, 3.8) is 0 Å². The van der Waals surface area contributed by atoms with Crippen molar-refractivity contribution in [3.8, 4) is 0 Å². The molecule has 0 saturated carbocycles. The van der Waals surface area contributed by atoms with Crippen LogP contribution in [0.15, 0.2) is 35.5 Å². The normalized spacial score (nSPS) is 11.5.